The number of carbonyl (C=O) groups excluding carboxylic acids is 2. The molecule has 2 aliphatic heterocycles. The van der Waals surface area contributed by atoms with Crippen LogP contribution in [0.15, 0.2) is 56.4 Å². The number of allylic oxidation sites excluding steroid dienone is 2. The molecule has 2 amide bonds. The number of carbonyl (C=O) groups is 2. The maximum absolute atomic E-state index is 15.3. The Labute approximate surface area is 337 Å². The van der Waals surface area contributed by atoms with Crippen LogP contribution in [0.2, 0.25) is 0 Å². The molecule has 5 aromatic rings. The van der Waals surface area contributed by atoms with Crippen molar-refractivity contribution in [1.82, 2.24) is 23.5 Å². The number of phenols is 1. The highest BCUT2D eigenvalue weighted by atomic mass is 35.5. The van der Waals surface area contributed by atoms with Crippen molar-refractivity contribution in [2.75, 3.05) is 19.1 Å². The molecule has 0 bridgehead atoms. The molecule has 4 heterocycles. The number of hydrogen-bond acceptors (Lipinski definition) is 9. The van der Waals surface area contributed by atoms with Crippen LogP contribution in [0.5, 0.6) is 17.2 Å². The minimum atomic E-state index is -2.77. The predicted molar refractivity (Wildman–Crippen MR) is 200 cm³/mol. The molecule has 0 spiro atoms. The Morgan fingerprint density at radius 3 is 2.14 bits per heavy atom. The predicted octanol–water partition coefficient (Wildman–Crippen LogP) is 4.23. The molecule has 2 fully saturated rings. The van der Waals surface area contributed by atoms with Gasteiger partial charge in [-0.1, -0.05) is 18.2 Å². The standard InChI is InChI=1S/C38H29Cl2F5N6O8/c1-15-11-16(5-6-22(15)52)25-17-7-10-49-35(56)48(9-8-18-32(53)47(2)20-13-24(59-4)23(58-3)12-19(20)46-18)36(57)51(49)21(17)14-37(39)33(54)50(34(55)38(25,37)40)31-29(44)27(42)26(41)28(43)30(31)45/h5-7,11-13,21,25,52H,8-10,14H2,1-4H3. The van der Waals surface area contributed by atoms with Gasteiger partial charge in [-0.2, -0.15) is 0 Å². The van der Waals surface area contributed by atoms with E-state index in [0.29, 0.717) is 22.5 Å². The first-order valence-electron chi connectivity index (χ1n) is 17.6. The van der Waals surface area contributed by atoms with Gasteiger partial charge in [0.1, 0.15) is 17.1 Å². The van der Waals surface area contributed by atoms with Crippen LogP contribution in [0.25, 0.3) is 11.0 Å². The molecular weight excluding hydrogens is 834 g/mol. The van der Waals surface area contributed by atoms with Crippen LogP contribution < -0.4 is 31.3 Å². The normalized spacial score (nSPS) is 22.4. The Bertz CT molecular complexity index is 2920. The van der Waals surface area contributed by atoms with Crippen LogP contribution in [-0.2, 0) is 36.1 Å². The van der Waals surface area contributed by atoms with E-state index >= 15 is 8.78 Å². The summed E-state index contributed by atoms with van der Waals surface area (Å²) in [5.74, 6) is -16.8. The molecule has 1 saturated heterocycles. The molecule has 308 valence electrons. The number of alkyl halides is 2. The fraction of sp³-hybridized carbons (Fsp3) is 0.316. The molecule has 14 nitrogen and oxygen atoms in total. The van der Waals surface area contributed by atoms with Gasteiger partial charge < -0.3 is 19.1 Å². The molecule has 21 heteroatoms. The van der Waals surface area contributed by atoms with Gasteiger partial charge in [-0.15, -0.1) is 23.2 Å². The van der Waals surface area contributed by atoms with Gasteiger partial charge in [0.2, 0.25) is 5.82 Å². The second kappa shape index (κ2) is 13.6. The van der Waals surface area contributed by atoms with E-state index in [2.05, 4.69) is 4.98 Å². The molecule has 59 heavy (non-hydrogen) atoms. The van der Waals surface area contributed by atoms with E-state index in [0.717, 1.165) is 13.9 Å². The van der Waals surface area contributed by atoms with Crippen LogP contribution in [-0.4, -0.2) is 64.4 Å². The van der Waals surface area contributed by atoms with Crippen molar-refractivity contribution < 1.29 is 46.1 Å². The summed E-state index contributed by atoms with van der Waals surface area (Å²) in [6, 6.07) is 5.66. The highest BCUT2D eigenvalue weighted by molar-refractivity contribution is 6.58. The number of phenolic OH excluding ortho intramolecular Hbond substituents is 1. The van der Waals surface area contributed by atoms with Crippen LogP contribution >= 0.6 is 23.2 Å². The number of aryl methyl sites for hydroxylation is 3. The summed E-state index contributed by atoms with van der Waals surface area (Å²) in [6.45, 7) is 0.800. The van der Waals surface area contributed by atoms with Gasteiger partial charge in [0.15, 0.2) is 44.5 Å². The second-order valence-corrected chi connectivity index (χ2v) is 15.5. The van der Waals surface area contributed by atoms with Gasteiger partial charge in [-0.3, -0.25) is 14.4 Å². The van der Waals surface area contributed by atoms with Gasteiger partial charge in [0.05, 0.1) is 37.8 Å². The summed E-state index contributed by atoms with van der Waals surface area (Å²) >= 11 is 14.3. The van der Waals surface area contributed by atoms with E-state index in [1.54, 1.807) is 12.1 Å². The number of aromatic nitrogens is 5. The zero-order valence-electron chi connectivity index (χ0n) is 31.1. The number of rotatable bonds is 7. The Kier molecular flexibility index (Phi) is 9.15. The maximum Gasteiger partial charge on any atom is 0.347 e. The van der Waals surface area contributed by atoms with Crippen LogP contribution in [0.1, 0.15) is 35.2 Å². The van der Waals surface area contributed by atoms with Crippen LogP contribution in [0, 0.1) is 36.0 Å². The van der Waals surface area contributed by atoms with Gasteiger partial charge in [0, 0.05) is 44.5 Å². The minimum absolute atomic E-state index is 0.0122. The van der Waals surface area contributed by atoms with E-state index in [-0.39, 0.29) is 52.6 Å². The SMILES string of the molecule is COc1cc2nc(CCn3c(=O)n4n(c3=O)C3CC5(Cl)C(=O)N(c6c(F)c(F)c(F)c(F)c6F)C(=O)C5(Cl)C(c5ccc(O)c(C)c5)C3=CC4)c(=O)n(C)c2cc1OC. The average molecular weight is 864 g/mol. The third-order valence-corrected chi connectivity index (χ3v) is 12.8. The number of methoxy groups -OCH3 is 2. The number of benzene rings is 3. The van der Waals surface area contributed by atoms with Gasteiger partial charge in [-0.25, -0.2) is 55.4 Å². The van der Waals surface area contributed by atoms with Crippen LogP contribution in [0.4, 0.5) is 27.6 Å². The number of amides is 2. The summed E-state index contributed by atoms with van der Waals surface area (Å²) < 4.78 is 88.6. The zero-order chi connectivity index (χ0) is 42.8. The number of nitrogens with zero attached hydrogens (tertiary/aromatic N) is 6. The Balaban J connectivity index is 1.25. The lowest BCUT2D eigenvalue weighted by atomic mass is 9.64. The highest BCUT2D eigenvalue weighted by Gasteiger charge is 2.76. The summed E-state index contributed by atoms with van der Waals surface area (Å²) in [4.78, 5) is 69.1. The number of halogens is 7. The molecule has 1 aliphatic carbocycles. The lowest BCUT2D eigenvalue weighted by Gasteiger charge is -2.49. The number of anilines is 1. The van der Waals surface area contributed by atoms with Gasteiger partial charge in [0.25, 0.3) is 17.4 Å². The lowest BCUT2D eigenvalue weighted by molar-refractivity contribution is -0.122. The molecule has 4 unspecified atom stereocenters. The van der Waals surface area contributed by atoms with E-state index in [4.69, 9.17) is 32.7 Å². The molecule has 3 aliphatic rings. The van der Waals surface area contributed by atoms with Crippen molar-refractivity contribution >= 4 is 51.7 Å². The summed E-state index contributed by atoms with van der Waals surface area (Å²) in [5.41, 5.74) is -3.03. The maximum atomic E-state index is 15.3. The second-order valence-electron chi connectivity index (χ2n) is 14.3. The van der Waals surface area contributed by atoms with Gasteiger partial charge >= 0.3 is 11.4 Å². The largest absolute Gasteiger partial charge is 0.508 e. The first-order valence-corrected chi connectivity index (χ1v) is 18.4. The number of hydrogen-bond donors (Lipinski definition) is 1. The van der Waals surface area contributed by atoms with Crippen molar-refractivity contribution in [3.8, 4) is 17.2 Å². The van der Waals surface area contributed by atoms with Crippen molar-refractivity contribution in [2.45, 2.75) is 54.6 Å². The monoisotopic (exact) mass is 862 g/mol. The molecule has 8 rings (SSSR count). The zero-order valence-corrected chi connectivity index (χ0v) is 32.6. The molecule has 1 N–H and O–H groups in total. The fourth-order valence-corrected chi connectivity index (χ4v) is 9.30. The van der Waals surface area contributed by atoms with Crippen molar-refractivity contribution in [1.29, 1.82) is 0 Å². The molecule has 2 aromatic heterocycles. The number of imide groups is 1. The van der Waals surface area contributed by atoms with E-state index < -0.39 is 91.7 Å². The number of ether oxygens (including phenoxy) is 2. The smallest absolute Gasteiger partial charge is 0.347 e. The Hall–Kier alpha value is -5.95. The summed E-state index contributed by atoms with van der Waals surface area (Å²) in [7, 11) is 4.35. The third kappa shape index (κ3) is 5.29. The van der Waals surface area contributed by atoms with E-state index in [9.17, 15) is 42.3 Å². The van der Waals surface area contributed by atoms with E-state index in [1.165, 1.54) is 57.0 Å². The fourth-order valence-electron chi connectivity index (χ4n) is 8.39. The van der Waals surface area contributed by atoms with Crippen LogP contribution in [0.3, 0.4) is 0 Å². The summed E-state index contributed by atoms with van der Waals surface area (Å²) in [6.07, 6.45) is 0.435. The Morgan fingerprint density at radius 2 is 1.51 bits per heavy atom. The van der Waals surface area contributed by atoms with E-state index in [1.807, 2.05) is 0 Å². The molecule has 0 radical (unpaired) electrons. The van der Waals surface area contributed by atoms with Crippen molar-refractivity contribution in [3.05, 3.63) is 119 Å². The molecule has 3 aromatic carbocycles. The molecule has 1 saturated carbocycles. The minimum Gasteiger partial charge on any atom is -0.508 e. The Morgan fingerprint density at radius 1 is 0.881 bits per heavy atom. The number of fused-ring (bicyclic) bond motifs is 5. The number of aromatic hydroxyl groups is 1. The first-order chi connectivity index (χ1) is 27.8. The third-order valence-electron chi connectivity index (χ3n) is 11.3. The van der Waals surface area contributed by atoms with Crippen molar-refractivity contribution in [2.24, 2.45) is 7.05 Å². The highest BCUT2D eigenvalue weighted by Crippen LogP contribution is 2.64. The molecule has 4 atom stereocenters. The lowest BCUT2D eigenvalue weighted by Crippen LogP contribution is -2.59. The quantitative estimate of drug-likeness (QED) is 0.0632. The van der Waals surface area contributed by atoms with Gasteiger partial charge in [-0.05, 0) is 29.7 Å². The first kappa shape index (κ1) is 39.9. The molecular formula is C38H29Cl2F5N6O8. The average Bonchev–Trinajstić information content (AvgIpc) is 3.54. The topological polar surface area (TPSA) is 160 Å². The summed E-state index contributed by atoms with van der Waals surface area (Å²) in [5, 5.41) is 10.3. The van der Waals surface area contributed by atoms with Crippen molar-refractivity contribution in [3.63, 3.8) is 0 Å².